The lowest BCUT2D eigenvalue weighted by Gasteiger charge is -2.15. The molecule has 0 unspecified atom stereocenters. The molecule has 0 atom stereocenters. The maximum Gasteiger partial charge on any atom is 0.191 e. The summed E-state index contributed by atoms with van der Waals surface area (Å²) < 4.78 is 42.7. The van der Waals surface area contributed by atoms with Gasteiger partial charge in [-0.2, -0.15) is 0 Å². The summed E-state index contributed by atoms with van der Waals surface area (Å²) in [7, 11) is -1.59. The Morgan fingerprint density at radius 2 is 1.77 bits per heavy atom. The molecule has 2 aromatic rings. The first kappa shape index (κ1) is 26.2. The molecular weight excluding hydrogens is 520 g/mol. The number of benzene rings is 2. The van der Waals surface area contributed by atoms with Crippen LogP contribution in [-0.4, -0.2) is 40.8 Å². The molecule has 0 bridgehead atoms. The number of rotatable bonds is 8. The molecule has 0 heterocycles. The van der Waals surface area contributed by atoms with Crippen molar-refractivity contribution < 1.29 is 17.5 Å². The van der Waals surface area contributed by atoms with Crippen LogP contribution in [0.5, 0.6) is 5.75 Å². The first-order valence-corrected chi connectivity index (χ1v) is 11.3. The van der Waals surface area contributed by atoms with E-state index in [-0.39, 0.29) is 36.3 Å². The predicted molar refractivity (Wildman–Crippen MR) is 130 cm³/mol. The van der Waals surface area contributed by atoms with Crippen molar-refractivity contribution in [2.45, 2.75) is 26.1 Å². The summed E-state index contributed by atoms with van der Waals surface area (Å²) in [6.45, 7) is 5.23. The van der Waals surface area contributed by atoms with Gasteiger partial charge in [-0.1, -0.05) is 24.3 Å². The second-order valence-corrected chi connectivity index (χ2v) is 9.05. The standard InChI is InChI=1S/C21H28FN3O3S.HI/c1-15-6-5-7-16(2)20(15)28-11-10-24-21(23-3)25-13-18-12-19(22)9-8-17(18)14-29(4,26)27;/h5-9,12H,10-11,13-14H2,1-4H3,(H2,23,24,25);1H. The van der Waals surface area contributed by atoms with Crippen LogP contribution >= 0.6 is 24.0 Å². The molecule has 0 amide bonds. The van der Waals surface area contributed by atoms with Crippen molar-refractivity contribution in [3.63, 3.8) is 0 Å². The largest absolute Gasteiger partial charge is 0.491 e. The molecule has 2 aromatic carbocycles. The Morgan fingerprint density at radius 3 is 2.37 bits per heavy atom. The minimum atomic E-state index is -3.22. The summed E-state index contributed by atoms with van der Waals surface area (Å²) >= 11 is 0. The zero-order chi connectivity index (χ0) is 21.4. The third-order valence-corrected chi connectivity index (χ3v) is 5.14. The van der Waals surface area contributed by atoms with Crippen LogP contribution in [0.15, 0.2) is 41.4 Å². The van der Waals surface area contributed by atoms with Gasteiger partial charge in [-0.25, -0.2) is 12.8 Å². The lowest BCUT2D eigenvalue weighted by atomic mass is 10.1. The van der Waals surface area contributed by atoms with E-state index in [1.165, 1.54) is 18.2 Å². The summed E-state index contributed by atoms with van der Waals surface area (Å²) in [6, 6.07) is 10.1. The molecule has 0 spiro atoms. The molecule has 0 saturated carbocycles. The van der Waals surface area contributed by atoms with Gasteiger partial charge in [-0.15, -0.1) is 24.0 Å². The number of sulfone groups is 1. The molecule has 0 radical (unpaired) electrons. The topological polar surface area (TPSA) is 79.8 Å². The number of nitrogens with zero attached hydrogens (tertiary/aromatic N) is 1. The Hall–Kier alpha value is -1.88. The van der Waals surface area contributed by atoms with E-state index >= 15 is 0 Å². The average molecular weight is 549 g/mol. The summed E-state index contributed by atoms with van der Waals surface area (Å²) in [5, 5.41) is 6.22. The van der Waals surface area contributed by atoms with Crippen LogP contribution in [0.1, 0.15) is 22.3 Å². The number of aryl methyl sites for hydroxylation is 2. The number of hydrogen-bond acceptors (Lipinski definition) is 4. The molecule has 6 nitrogen and oxygen atoms in total. The number of hydrogen-bond donors (Lipinski definition) is 2. The summed E-state index contributed by atoms with van der Waals surface area (Å²) in [5.41, 5.74) is 3.30. The molecule has 0 aliphatic heterocycles. The van der Waals surface area contributed by atoms with Crippen molar-refractivity contribution >= 4 is 39.8 Å². The van der Waals surface area contributed by atoms with Gasteiger partial charge >= 0.3 is 0 Å². The fraction of sp³-hybridized carbons (Fsp3) is 0.381. The summed E-state index contributed by atoms with van der Waals surface area (Å²) in [5.74, 6) is 0.844. The lowest BCUT2D eigenvalue weighted by molar-refractivity contribution is 0.317. The average Bonchev–Trinajstić information content (AvgIpc) is 2.64. The first-order chi connectivity index (χ1) is 13.7. The van der Waals surface area contributed by atoms with Gasteiger partial charge in [0.05, 0.1) is 12.3 Å². The maximum atomic E-state index is 13.6. The highest BCUT2D eigenvalue weighted by Gasteiger charge is 2.11. The second kappa shape index (κ2) is 12.1. The molecule has 2 N–H and O–H groups in total. The van der Waals surface area contributed by atoms with Crippen LogP contribution in [0.25, 0.3) is 0 Å². The Balaban J connectivity index is 0.00000450. The van der Waals surface area contributed by atoms with Gasteiger partial charge in [0.15, 0.2) is 15.8 Å². The fourth-order valence-corrected chi connectivity index (χ4v) is 3.78. The summed E-state index contributed by atoms with van der Waals surface area (Å²) in [4.78, 5) is 4.14. The normalized spacial score (nSPS) is 11.6. The molecule has 0 fully saturated rings. The molecule has 166 valence electrons. The van der Waals surface area contributed by atoms with Crippen molar-refractivity contribution in [3.05, 3.63) is 64.5 Å². The monoisotopic (exact) mass is 549 g/mol. The predicted octanol–water partition coefficient (Wildman–Crippen LogP) is 3.35. The molecule has 30 heavy (non-hydrogen) atoms. The van der Waals surface area contributed by atoms with Crippen molar-refractivity contribution in [2.75, 3.05) is 26.5 Å². The van der Waals surface area contributed by atoms with E-state index in [4.69, 9.17) is 4.74 Å². The van der Waals surface area contributed by atoms with Crippen LogP contribution in [0, 0.1) is 19.7 Å². The third kappa shape index (κ3) is 8.47. The van der Waals surface area contributed by atoms with Gasteiger partial charge in [0.25, 0.3) is 0 Å². The minimum absolute atomic E-state index is 0. The minimum Gasteiger partial charge on any atom is -0.491 e. The Kier molecular flexibility index (Phi) is 10.5. The van der Waals surface area contributed by atoms with Crippen molar-refractivity contribution in [2.24, 2.45) is 4.99 Å². The SMILES string of the molecule is CN=C(NCCOc1c(C)cccc1C)NCc1cc(F)ccc1CS(C)(=O)=O.I. The molecule has 9 heteroatoms. The highest BCUT2D eigenvalue weighted by atomic mass is 127. The van der Waals surface area contributed by atoms with Crippen molar-refractivity contribution in [3.8, 4) is 5.75 Å². The molecule has 0 saturated heterocycles. The number of guanidine groups is 1. The zero-order valence-corrected chi connectivity index (χ0v) is 20.8. The fourth-order valence-electron chi connectivity index (χ4n) is 2.93. The van der Waals surface area contributed by atoms with Gasteiger partial charge < -0.3 is 15.4 Å². The highest BCUT2D eigenvalue weighted by Crippen LogP contribution is 2.21. The van der Waals surface area contributed by atoms with Crippen LogP contribution in [0.3, 0.4) is 0 Å². The van der Waals surface area contributed by atoms with Crippen LogP contribution in [0.4, 0.5) is 4.39 Å². The van der Waals surface area contributed by atoms with Gasteiger partial charge in [0, 0.05) is 19.8 Å². The van der Waals surface area contributed by atoms with E-state index in [0.717, 1.165) is 23.1 Å². The number of ether oxygens (including phenoxy) is 1. The smallest absolute Gasteiger partial charge is 0.191 e. The Morgan fingerprint density at radius 1 is 1.10 bits per heavy atom. The van der Waals surface area contributed by atoms with Crippen LogP contribution in [0.2, 0.25) is 0 Å². The van der Waals surface area contributed by atoms with Gasteiger partial charge in [-0.05, 0) is 48.2 Å². The van der Waals surface area contributed by atoms with E-state index < -0.39 is 15.7 Å². The Bertz CT molecular complexity index is 961. The quantitative estimate of drug-likeness (QED) is 0.229. The number of nitrogens with one attached hydrogen (secondary N) is 2. The maximum absolute atomic E-state index is 13.6. The summed E-state index contributed by atoms with van der Waals surface area (Å²) in [6.07, 6.45) is 1.16. The molecule has 0 aliphatic rings. The van der Waals surface area contributed by atoms with E-state index in [0.29, 0.717) is 30.2 Å². The van der Waals surface area contributed by atoms with E-state index in [9.17, 15) is 12.8 Å². The second-order valence-electron chi connectivity index (χ2n) is 6.91. The van der Waals surface area contributed by atoms with Crippen LogP contribution < -0.4 is 15.4 Å². The molecule has 0 aliphatic carbocycles. The molecular formula is C21H29FIN3O3S. The van der Waals surface area contributed by atoms with Gasteiger partial charge in [0.2, 0.25) is 0 Å². The number of para-hydroxylation sites is 1. The first-order valence-electron chi connectivity index (χ1n) is 9.28. The van der Waals surface area contributed by atoms with Gasteiger partial charge in [-0.3, -0.25) is 4.99 Å². The highest BCUT2D eigenvalue weighted by molar-refractivity contribution is 14.0. The van der Waals surface area contributed by atoms with Crippen LogP contribution in [-0.2, 0) is 22.1 Å². The van der Waals surface area contributed by atoms with E-state index in [2.05, 4.69) is 15.6 Å². The van der Waals surface area contributed by atoms with Gasteiger partial charge in [0.1, 0.15) is 18.2 Å². The lowest BCUT2D eigenvalue weighted by Crippen LogP contribution is -2.39. The number of aliphatic imine (C=N–C) groups is 1. The zero-order valence-electron chi connectivity index (χ0n) is 17.7. The van der Waals surface area contributed by atoms with E-state index in [1.54, 1.807) is 7.05 Å². The van der Waals surface area contributed by atoms with Crippen molar-refractivity contribution in [1.82, 2.24) is 10.6 Å². The number of halogens is 2. The third-order valence-electron chi connectivity index (χ3n) is 4.31. The Labute approximate surface area is 195 Å². The van der Waals surface area contributed by atoms with E-state index in [1.807, 2.05) is 32.0 Å². The molecule has 0 aromatic heterocycles. The van der Waals surface area contributed by atoms with Crippen molar-refractivity contribution in [1.29, 1.82) is 0 Å². The molecule has 2 rings (SSSR count).